The number of ether oxygens (including phenoxy) is 2. The first-order valence-corrected chi connectivity index (χ1v) is 12.3. The van der Waals surface area contributed by atoms with Crippen LogP contribution in [-0.4, -0.2) is 38.8 Å². The zero-order chi connectivity index (χ0) is 22.9. The van der Waals surface area contributed by atoms with Crippen LogP contribution in [0.1, 0.15) is 48.3 Å². The highest BCUT2D eigenvalue weighted by molar-refractivity contribution is 5.42. The highest BCUT2D eigenvalue weighted by Crippen LogP contribution is 2.34. The molecule has 0 aromatic heterocycles. The van der Waals surface area contributed by atoms with Crippen molar-refractivity contribution in [1.82, 2.24) is 4.90 Å². The maximum Gasteiger partial charge on any atom is 0.160 e. The lowest BCUT2D eigenvalue weighted by Gasteiger charge is -2.35. The molecule has 3 nitrogen and oxygen atoms in total. The Morgan fingerprint density at radius 3 is 2.15 bits per heavy atom. The molecule has 1 aliphatic heterocycles. The zero-order valence-electron chi connectivity index (χ0n) is 20.1. The summed E-state index contributed by atoms with van der Waals surface area (Å²) in [5.41, 5.74) is 4.19. The van der Waals surface area contributed by atoms with Crippen LogP contribution in [0.15, 0.2) is 78.9 Å². The SMILES string of the molecule is COc1ccc(CCCN2CCCC(CC(c3ccccc3)c3ccccc3)C2)cc1OC. The molecule has 1 unspecified atom stereocenters. The largest absolute Gasteiger partial charge is 0.493 e. The van der Waals surface area contributed by atoms with E-state index < -0.39 is 0 Å². The van der Waals surface area contributed by atoms with E-state index in [0.29, 0.717) is 5.92 Å². The molecule has 0 bridgehead atoms. The van der Waals surface area contributed by atoms with Crippen molar-refractivity contribution in [1.29, 1.82) is 0 Å². The van der Waals surface area contributed by atoms with E-state index in [1.165, 1.54) is 55.5 Å². The quantitative estimate of drug-likeness (QED) is 0.354. The molecule has 0 radical (unpaired) electrons. The van der Waals surface area contributed by atoms with Gasteiger partial charge in [-0.25, -0.2) is 0 Å². The van der Waals surface area contributed by atoms with Crippen molar-refractivity contribution in [2.24, 2.45) is 5.92 Å². The molecule has 1 fully saturated rings. The monoisotopic (exact) mass is 443 g/mol. The summed E-state index contributed by atoms with van der Waals surface area (Å²) in [4.78, 5) is 2.68. The molecule has 1 aliphatic rings. The van der Waals surface area contributed by atoms with Gasteiger partial charge in [-0.3, -0.25) is 0 Å². The van der Waals surface area contributed by atoms with Gasteiger partial charge in [0.2, 0.25) is 0 Å². The first kappa shape index (κ1) is 23.4. The van der Waals surface area contributed by atoms with Crippen LogP contribution < -0.4 is 9.47 Å². The molecular formula is C30H37NO2. The minimum absolute atomic E-state index is 0.476. The van der Waals surface area contributed by atoms with Crippen LogP contribution >= 0.6 is 0 Å². The summed E-state index contributed by atoms with van der Waals surface area (Å²) in [5.74, 6) is 2.83. The standard InChI is InChI=1S/C30H37NO2/c1-32-29-18-17-24(22-30(29)33-2)11-9-19-31-20-10-12-25(23-31)21-28(26-13-5-3-6-14-26)27-15-7-4-8-16-27/h3-8,13-18,22,25,28H,9-12,19-21,23H2,1-2H3. The second kappa shape index (κ2) is 11.9. The van der Waals surface area contributed by atoms with Crippen LogP contribution in [0.5, 0.6) is 11.5 Å². The van der Waals surface area contributed by atoms with Crippen molar-refractivity contribution >= 4 is 0 Å². The van der Waals surface area contributed by atoms with Crippen LogP contribution in [0.2, 0.25) is 0 Å². The number of benzene rings is 3. The summed E-state index contributed by atoms with van der Waals surface area (Å²) in [6, 6.07) is 28.4. The van der Waals surface area contributed by atoms with Crippen LogP contribution in [0.3, 0.4) is 0 Å². The van der Waals surface area contributed by atoms with E-state index in [-0.39, 0.29) is 0 Å². The Balaban J connectivity index is 1.34. The number of piperidine rings is 1. The molecule has 0 saturated carbocycles. The summed E-state index contributed by atoms with van der Waals surface area (Å²) in [5, 5.41) is 0. The number of nitrogens with zero attached hydrogens (tertiary/aromatic N) is 1. The number of likely N-dealkylation sites (tertiary alicyclic amines) is 1. The zero-order valence-corrected chi connectivity index (χ0v) is 20.1. The predicted octanol–water partition coefficient (Wildman–Crippen LogP) is 6.57. The van der Waals surface area contributed by atoms with Gasteiger partial charge >= 0.3 is 0 Å². The Morgan fingerprint density at radius 1 is 0.848 bits per heavy atom. The van der Waals surface area contributed by atoms with Crippen molar-refractivity contribution in [3.8, 4) is 11.5 Å². The molecule has 1 atom stereocenters. The van der Waals surface area contributed by atoms with E-state index in [2.05, 4.69) is 77.7 Å². The van der Waals surface area contributed by atoms with Gasteiger partial charge in [0.1, 0.15) is 0 Å². The Kier molecular flexibility index (Phi) is 8.43. The number of rotatable bonds is 10. The van der Waals surface area contributed by atoms with E-state index in [1.54, 1.807) is 14.2 Å². The lowest BCUT2D eigenvalue weighted by molar-refractivity contribution is 0.164. The van der Waals surface area contributed by atoms with Crippen LogP contribution in [0.4, 0.5) is 0 Å². The smallest absolute Gasteiger partial charge is 0.160 e. The Morgan fingerprint density at radius 2 is 1.52 bits per heavy atom. The molecule has 3 aromatic rings. The van der Waals surface area contributed by atoms with Gasteiger partial charge in [0, 0.05) is 12.5 Å². The van der Waals surface area contributed by atoms with Gasteiger partial charge in [-0.1, -0.05) is 66.7 Å². The topological polar surface area (TPSA) is 21.7 Å². The fourth-order valence-electron chi connectivity index (χ4n) is 5.26. The molecule has 0 amide bonds. The third kappa shape index (κ3) is 6.39. The van der Waals surface area contributed by atoms with Gasteiger partial charge in [-0.15, -0.1) is 0 Å². The van der Waals surface area contributed by atoms with Crippen LogP contribution in [0, 0.1) is 5.92 Å². The van der Waals surface area contributed by atoms with Gasteiger partial charge in [0.25, 0.3) is 0 Å². The van der Waals surface area contributed by atoms with Crippen LogP contribution in [0.25, 0.3) is 0 Å². The van der Waals surface area contributed by atoms with Crippen molar-refractivity contribution in [3.63, 3.8) is 0 Å². The molecule has 3 heteroatoms. The average Bonchev–Trinajstić information content (AvgIpc) is 2.88. The normalized spacial score (nSPS) is 16.6. The van der Waals surface area contributed by atoms with Gasteiger partial charge in [-0.2, -0.15) is 0 Å². The predicted molar refractivity (Wildman–Crippen MR) is 136 cm³/mol. The molecule has 1 heterocycles. The number of hydrogen-bond donors (Lipinski definition) is 0. The number of aryl methyl sites for hydroxylation is 1. The molecule has 1 saturated heterocycles. The van der Waals surface area contributed by atoms with Crippen molar-refractivity contribution in [2.45, 2.75) is 38.0 Å². The third-order valence-corrected chi connectivity index (χ3v) is 6.96. The van der Waals surface area contributed by atoms with Gasteiger partial charge < -0.3 is 14.4 Å². The molecule has 4 rings (SSSR count). The summed E-state index contributed by atoms with van der Waals surface area (Å²) in [7, 11) is 3.39. The lowest BCUT2D eigenvalue weighted by Crippen LogP contribution is -2.36. The Bertz CT molecular complexity index is 934. The number of hydrogen-bond acceptors (Lipinski definition) is 3. The third-order valence-electron chi connectivity index (χ3n) is 6.96. The summed E-state index contributed by atoms with van der Waals surface area (Å²) in [6.45, 7) is 3.60. The molecule has 0 spiro atoms. The molecule has 174 valence electrons. The minimum atomic E-state index is 0.476. The average molecular weight is 444 g/mol. The minimum Gasteiger partial charge on any atom is -0.493 e. The first-order chi connectivity index (χ1) is 16.3. The van der Waals surface area contributed by atoms with Gasteiger partial charge in [0.15, 0.2) is 11.5 Å². The molecule has 0 aliphatic carbocycles. The molecule has 3 aromatic carbocycles. The van der Waals surface area contributed by atoms with Crippen molar-refractivity contribution in [2.75, 3.05) is 33.9 Å². The highest BCUT2D eigenvalue weighted by atomic mass is 16.5. The molecular weight excluding hydrogens is 406 g/mol. The van der Waals surface area contributed by atoms with Crippen molar-refractivity contribution in [3.05, 3.63) is 95.6 Å². The first-order valence-electron chi connectivity index (χ1n) is 12.3. The lowest BCUT2D eigenvalue weighted by atomic mass is 9.81. The fraction of sp³-hybridized carbons (Fsp3) is 0.400. The number of methoxy groups -OCH3 is 2. The van der Waals surface area contributed by atoms with Gasteiger partial charge in [-0.05, 0) is 79.9 Å². The summed E-state index contributed by atoms with van der Waals surface area (Å²) < 4.78 is 10.8. The maximum atomic E-state index is 5.46. The van der Waals surface area contributed by atoms with E-state index in [4.69, 9.17) is 9.47 Å². The van der Waals surface area contributed by atoms with E-state index in [9.17, 15) is 0 Å². The highest BCUT2D eigenvalue weighted by Gasteiger charge is 2.24. The second-order valence-electron chi connectivity index (χ2n) is 9.21. The Hall–Kier alpha value is -2.78. The molecule has 0 N–H and O–H groups in total. The van der Waals surface area contributed by atoms with Crippen molar-refractivity contribution < 1.29 is 9.47 Å². The molecule has 33 heavy (non-hydrogen) atoms. The van der Waals surface area contributed by atoms with Crippen LogP contribution in [-0.2, 0) is 6.42 Å². The maximum absolute atomic E-state index is 5.46. The Labute approximate surface area is 199 Å². The second-order valence-corrected chi connectivity index (χ2v) is 9.21. The van der Waals surface area contributed by atoms with Gasteiger partial charge in [0.05, 0.1) is 14.2 Å². The van der Waals surface area contributed by atoms with E-state index in [1.807, 2.05) is 6.07 Å². The summed E-state index contributed by atoms with van der Waals surface area (Å²) in [6.07, 6.45) is 6.10. The fourth-order valence-corrected chi connectivity index (χ4v) is 5.26. The van der Waals surface area contributed by atoms with E-state index in [0.717, 1.165) is 30.4 Å². The van der Waals surface area contributed by atoms with E-state index >= 15 is 0 Å². The summed E-state index contributed by atoms with van der Waals surface area (Å²) >= 11 is 0.